The van der Waals surface area contributed by atoms with Crippen LogP contribution in [0, 0.1) is 5.92 Å². The van der Waals surface area contributed by atoms with Crippen molar-refractivity contribution >= 4 is 28.9 Å². The molecule has 2 aromatic heterocycles. The number of ether oxygens (including phenoxy) is 2. The first-order valence-corrected chi connectivity index (χ1v) is 18.9. The zero-order valence-corrected chi connectivity index (χ0v) is 32.1. The van der Waals surface area contributed by atoms with Gasteiger partial charge in [0, 0.05) is 25.1 Å². The van der Waals surface area contributed by atoms with Gasteiger partial charge in [-0.05, 0) is 79.1 Å². The third-order valence-corrected chi connectivity index (χ3v) is 10.3. The van der Waals surface area contributed by atoms with Crippen molar-refractivity contribution in [2.45, 2.75) is 83.7 Å². The number of hydrogen-bond donors (Lipinski definition) is 4. The molecule has 2 saturated heterocycles. The smallest absolute Gasteiger partial charge is 0.410 e. The molecule has 0 spiro atoms. The number of fused-ring (bicyclic) bond motifs is 1. The summed E-state index contributed by atoms with van der Waals surface area (Å²) >= 11 is 0. The molecule has 13 nitrogen and oxygen atoms in total. The van der Waals surface area contributed by atoms with E-state index in [0.717, 1.165) is 63.1 Å². The van der Waals surface area contributed by atoms with Crippen molar-refractivity contribution in [3.63, 3.8) is 0 Å². The molecule has 2 aliphatic rings. The molecule has 0 aliphatic carbocycles. The van der Waals surface area contributed by atoms with Gasteiger partial charge in [0.25, 0.3) is 0 Å². The summed E-state index contributed by atoms with van der Waals surface area (Å²) in [7, 11) is 1.26. The third kappa shape index (κ3) is 8.07. The van der Waals surface area contributed by atoms with E-state index in [1.165, 1.54) is 7.11 Å². The second kappa shape index (κ2) is 15.2. The lowest BCUT2D eigenvalue weighted by atomic mass is 9.98. The molecule has 4 heterocycles. The molecule has 5 aromatic rings. The van der Waals surface area contributed by atoms with Crippen LogP contribution in [0.2, 0.25) is 0 Å². The summed E-state index contributed by atoms with van der Waals surface area (Å²) in [5, 5.41) is 15.4. The van der Waals surface area contributed by atoms with E-state index >= 15 is 0 Å². The number of carbonyl (C=O) groups is 3. The van der Waals surface area contributed by atoms with Gasteiger partial charge in [0.2, 0.25) is 5.91 Å². The molecule has 4 N–H and O–H groups in total. The molecule has 3 aromatic carbocycles. The molecule has 3 amide bonds. The van der Waals surface area contributed by atoms with Gasteiger partial charge in [0.05, 0.1) is 49.1 Å². The topological polar surface area (TPSA) is 166 Å². The number of aromatic amines is 2. The van der Waals surface area contributed by atoms with Crippen LogP contribution in [0.4, 0.5) is 9.59 Å². The SMILES string of the molecule is COC(=O)N[C@H](C(=O)N1C[C@@H](O)C[C@H]1c1ncc(-c2ccc3cc(-c4ccc(-c5cnc(C6CCCN6C(=O)OC(C)(C)C)[nH]5)cc4)ccc3c2)[nH]1)C(C)C. The lowest BCUT2D eigenvalue weighted by molar-refractivity contribution is -0.135. The number of amides is 3. The number of aromatic nitrogens is 4. The molecule has 0 radical (unpaired) electrons. The van der Waals surface area contributed by atoms with Gasteiger partial charge in [0.15, 0.2) is 0 Å². The molecule has 1 unspecified atom stereocenters. The van der Waals surface area contributed by atoms with Gasteiger partial charge >= 0.3 is 12.2 Å². The van der Waals surface area contributed by atoms with Crippen LogP contribution < -0.4 is 5.32 Å². The molecule has 0 saturated carbocycles. The minimum absolute atomic E-state index is 0.139. The van der Waals surface area contributed by atoms with Crippen LogP contribution in [-0.2, 0) is 14.3 Å². The van der Waals surface area contributed by atoms with Crippen molar-refractivity contribution in [3.05, 3.63) is 84.7 Å². The fraction of sp³-hybridized carbons (Fsp3) is 0.405. The summed E-state index contributed by atoms with van der Waals surface area (Å²) in [6.07, 6.45) is 3.95. The number of hydrogen-bond acceptors (Lipinski definition) is 8. The average molecular weight is 748 g/mol. The number of H-pyrrole nitrogens is 2. The quantitative estimate of drug-likeness (QED) is 0.128. The number of methoxy groups -OCH3 is 1. The zero-order chi connectivity index (χ0) is 39.0. The Labute approximate surface area is 320 Å². The highest BCUT2D eigenvalue weighted by atomic mass is 16.6. The van der Waals surface area contributed by atoms with Crippen LogP contribution in [0.5, 0.6) is 0 Å². The molecule has 4 atom stereocenters. The van der Waals surface area contributed by atoms with E-state index in [1.54, 1.807) is 16.0 Å². The number of benzene rings is 3. The molecular weight excluding hydrogens is 699 g/mol. The predicted molar refractivity (Wildman–Crippen MR) is 209 cm³/mol. The maximum absolute atomic E-state index is 13.6. The van der Waals surface area contributed by atoms with E-state index in [1.807, 2.05) is 46.9 Å². The summed E-state index contributed by atoms with van der Waals surface area (Å²) in [4.78, 5) is 57.9. The van der Waals surface area contributed by atoms with Gasteiger partial charge in [-0.25, -0.2) is 19.6 Å². The summed E-state index contributed by atoms with van der Waals surface area (Å²) < 4.78 is 10.4. The van der Waals surface area contributed by atoms with Gasteiger partial charge in [-0.15, -0.1) is 0 Å². The zero-order valence-electron chi connectivity index (χ0n) is 32.1. The predicted octanol–water partition coefficient (Wildman–Crippen LogP) is 7.37. The largest absolute Gasteiger partial charge is 0.453 e. The Balaban J connectivity index is 1.04. The summed E-state index contributed by atoms with van der Waals surface area (Å²) in [6.45, 7) is 10.1. The van der Waals surface area contributed by atoms with E-state index in [2.05, 4.69) is 79.9 Å². The Morgan fingerprint density at radius 3 is 2.05 bits per heavy atom. The van der Waals surface area contributed by atoms with Crippen LogP contribution in [0.1, 0.15) is 77.6 Å². The van der Waals surface area contributed by atoms with Crippen molar-refractivity contribution in [2.24, 2.45) is 5.92 Å². The summed E-state index contributed by atoms with van der Waals surface area (Å²) in [5.74, 6) is 0.862. The number of likely N-dealkylation sites (tertiary alicyclic amines) is 2. The van der Waals surface area contributed by atoms with Gasteiger partial charge < -0.3 is 34.8 Å². The van der Waals surface area contributed by atoms with E-state index in [4.69, 9.17) is 9.47 Å². The first-order valence-electron chi connectivity index (χ1n) is 18.9. The first kappa shape index (κ1) is 37.6. The fourth-order valence-corrected chi connectivity index (χ4v) is 7.53. The Morgan fingerprint density at radius 2 is 1.42 bits per heavy atom. The lowest BCUT2D eigenvalue weighted by Crippen LogP contribution is -2.51. The number of aliphatic hydroxyl groups excluding tert-OH is 1. The van der Waals surface area contributed by atoms with E-state index in [0.29, 0.717) is 18.8 Å². The normalized spacial score (nSPS) is 19.2. The van der Waals surface area contributed by atoms with E-state index < -0.39 is 29.9 Å². The molecule has 0 bridgehead atoms. The average Bonchev–Trinajstić information content (AvgIpc) is 3.99. The molecular formula is C42H49N7O6. The van der Waals surface area contributed by atoms with Crippen molar-refractivity contribution < 1.29 is 29.0 Å². The Bertz CT molecular complexity index is 2190. The van der Waals surface area contributed by atoms with Gasteiger partial charge in [-0.2, -0.15) is 0 Å². The number of imidazole rings is 2. The number of nitrogens with one attached hydrogen (secondary N) is 3. The Morgan fingerprint density at radius 1 is 0.836 bits per heavy atom. The Hall–Kier alpha value is -5.69. The number of aliphatic hydroxyl groups is 1. The standard InChI is InChI=1S/C42H49N7O6/c1-24(2)36(47-40(52)54-6)39(51)49-23-31(50)20-35(49)38-44-22-33(46-38)30-16-15-28-18-27(13-14-29(28)19-30)25-9-11-26(12-10-25)32-21-43-37(45-32)34-8-7-17-48(34)41(53)55-42(3,4)5/h9-16,18-19,21-22,24,31,34-36,50H,7-8,17,20,23H2,1-6H3,(H,43,45)(H,44,46)(H,47,52)/t31-,34?,35-,36-/m0/s1. The van der Waals surface area contributed by atoms with E-state index in [-0.39, 0.29) is 30.5 Å². The van der Waals surface area contributed by atoms with Crippen LogP contribution in [0.3, 0.4) is 0 Å². The molecule has 288 valence electrons. The highest BCUT2D eigenvalue weighted by Gasteiger charge is 2.41. The van der Waals surface area contributed by atoms with Gasteiger partial charge in [-0.1, -0.05) is 62.4 Å². The lowest BCUT2D eigenvalue weighted by Gasteiger charge is -2.29. The maximum Gasteiger partial charge on any atom is 0.410 e. The first-order chi connectivity index (χ1) is 26.3. The second-order valence-corrected chi connectivity index (χ2v) is 15.8. The minimum atomic E-state index is -0.802. The second-order valence-electron chi connectivity index (χ2n) is 15.8. The number of carbonyl (C=O) groups excluding carboxylic acids is 3. The third-order valence-electron chi connectivity index (χ3n) is 10.3. The van der Waals surface area contributed by atoms with Crippen molar-refractivity contribution in [1.82, 2.24) is 35.1 Å². The van der Waals surface area contributed by atoms with Crippen LogP contribution >= 0.6 is 0 Å². The highest BCUT2D eigenvalue weighted by molar-refractivity contribution is 5.91. The van der Waals surface area contributed by atoms with Crippen LogP contribution in [0.25, 0.3) is 44.4 Å². The van der Waals surface area contributed by atoms with E-state index in [9.17, 15) is 19.5 Å². The van der Waals surface area contributed by atoms with Crippen LogP contribution in [-0.4, -0.2) is 90.9 Å². The fourth-order valence-electron chi connectivity index (χ4n) is 7.53. The summed E-state index contributed by atoms with van der Waals surface area (Å²) in [5.41, 5.74) is 5.25. The number of nitrogens with zero attached hydrogens (tertiary/aromatic N) is 4. The van der Waals surface area contributed by atoms with Crippen molar-refractivity contribution in [3.8, 4) is 33.6 Å². The minimum Gasteiger partial charge on any atom is -0.453 e. The van der Waals surface area contributed by atoms with Gasteiger partial charge in [-0.3, -0.25) is 9.69 Å². The number of β-amino-alcohol motifs (C(OH)–C–C–N with tert-alkyl or cyclic N) is 1. The monoisotopic (exact) mass is 747 g/mol. The summed E-state index contributed by atoms with van der Waals surface area (Å²) in [6, 6.07) is 19.5. The molecule has 7 rings (SSSR count). The number of rotatable bonds is 8. The molecule has 2 aliphatic heterocycles. The molecule has 55 heavy (non-hydrogen) atoms. The van der Waals surface area contributed by atoms with Gasteiger partial charge in [0.1, 0.15) is 23.3 Å². The highest BCUT2D eigenvalue weighted by Crippen LogP contribution is 2.36. The Kier molecular flexibility index (Phi) is 10.4. The molecule has 2 fully saturated rings. The number of alkyl carbamates (subject to hydrolysis) is 1. The molecule has 13 heteroatoms. The van der Waals surface area contributed by atoms with Crippen molar-refractivity contribution in [1.29, 1.82) is 0 Å². The maximum atomic E-state index is 13.6. The van der Waals surface area contributed by atoms with Crippen molar-refractivity contribution in [2.75, 3.05) is 20.2 Å². The van der Waals surface area contributed by atoms with Crippen LogP contribution in [0.15, 0.2) is 73.1 Å².